The number of hydrogen-bond acceptors (Lipinski definition) is 4. The van der Waals surface area contributed by atoms with E-state index >= 15 is 0 Å². The maximum absolute atomic E-state index is 12.2. The van der Waals surface area contributed by atoms with Crippen molar-refractivity contribution in [3.05, 3.63) is 63.7 Å². The van der Waals surface area contributed by atoms with Crippen molar-refractivity contribution in [1.82, 2.24) is 0 Å². The molecule has 110 valence electrons. The molecule has 21 heavy (non-hydrogen) atoms. The molecule has 0 saturated carbocycles. The van der Waals surface area contributed by atoms with Crippen molar-refractivity contribution < 1.29 is 13.3 Å². The van der Waals surface area contributed by atoms with Crippen LogP contribution in [0.15, 0.2) is 47.4 Å². The van der Waals surface area contributed by atoms with Gasteiger partial charge in [-0.05, 0) is 49.2 Å². The van der Waals surface area contributed by atoms with E-state index in [1.807, 2.05) is 13.8 Å². The minimum atomic E-state index is -3.71. The lowest BCUT2D eigenvalue weighted by atomic mass is 10.1. The van der Waals surface area contributed by atoms with E-state index in [0.717, 1.165) is 11.1 Å². The van der Waals surface area contributed by atoms with Gasteiger partial charge in [0.25, 0.3) is 15.7 Å². The molecule has 0 amide bonds. The molecule has 2 rings (SSSR count). The molecule has 0 spiro atoms. The van der Waals surface area contributed by atoms with Gasteiger partial charge in [0.1, 0.15) is 0 Å². The normalized spacial score (nSPS) is 11.1. The van der Waals surface area contributed by atoms with Gasteiger partial charge in [0.15, 0.2) is 0 Å². The van der Waals surface area contributed by atoms with E-state index in [9.17, 15) is 18.5 Å². The first-order valence-electron chi connectivity index (χ1n) is 6.14. The molecule has 0 unspecified atom stereocenters. The lowest BCUT2D eigenvalue weighted by Crippen LogP contribution is -2.13. The van der Waals surface area contributed by atoms with Crippen LogP contribution in [0.1, 0.15) is 11.1 Å². The molecule has 0 heterocycles. The maximum Gasteiger partial charge on any atom is 0.269 e. The van der Waals surface area contributed by atoms with Crippen LogP contribution in [0, 0.1) is 24.0 Å². The topological polar surface area (TPSA) is 89.3 Å². The zero-order valence-corrected chi connectivity index (χ0v) is 12.3. The first-order valence-corrected chi connectivity index (χ1v) is 7.62. The summed E-state index contributed by atoms with van der Waals surface area (Å²) in [7, 11) is -3.71. The minimum absolute atomic E-state index is 0.0934. The highest BCUT2D eigenvalue weighted by atomic mass is 32.2. The predicted molar refractivity (Wildman–Crippen MR) is 79.8 cm³/mol. The van der Waals surface area contributed by atoms with Crippen molar-refractivity contribution in [3.8, 4) is 0 Å². The summed E-state index contributed by atoms with van der Waals surface area (Å²) in [5.41, 5.74) is 2.06. The molecule has 0 aliphatic rings. The Balaban J connectivity index is 2.28. The zero-order valence-electron chi connectivity index (χ0n) is 11.5. The fourth-order valence-electron chi connectivity index (χ4n) is 1.75. The number of non-ortho nitro benzene ring substituents is 1. The van der Waals surface area contributed by atoms with E-state index in [4.69, 9.17) is 0 Å². The first kappa shape index (κ1) is 15.0. The average Bonchev–Trinajstić information content (AvgIpc) is 2.42. The molecule has 0 bridgehead atoms. The first-order chi connectivity index (χ1) is 9.79. The summed E-state index contributed by atoms with van der Waals surface area (Å²) < 4.78 is 26.9. The molecule has 2 aromatic carbocycles. The van der Waals surface area contributed by atoms with Crippen LogP contribution in [0.3, 0.4) is 0 Å². The van der Waals surface area contributed by atoms with Crippen molar-refractivity contribution >= 4 is 21.4 Å². The third-order valence-corrected chi connectivity index (χ3v) is 4.50. The van der Waals surface area contributed by atoms with Gasteiger partial charge in [-0.1, -0.05) is 6.07 Å². The summed E-state index contributed by atoms with van der Waals surface area (Å²) in [5.74, 6) is 0. The average molecular weight is 306 g/mol. The van der Waals surface area contributed by atoms with Crippen LogP contribution in [0.4, 0.5) is 11.4 Å². The van der Waals surface area contributed by atoms with E-state index in [1.165, 1.54) is 30.3 Å². The van der Waals surface area contributed by atoms with Gasteiger partial charge in [-0.2, -0.15) is 0 Å². The second-order valence-electron chi connectivity index (χ2n) is 4.66. The number of sulfonamides is 1. The number of nitrogens with zero attached hydrogens (tertiary/aromatic N) is 1. The number of hydrogen-bond donors (Lipinski definition) is 1. The fraction of sp³-hybridized carbons (Fsp3) is 0.143. The summed E-state index contributed by atoms with van der Waals surface area (Å²) in [4.78, 5) is 10.2. The molecule has 0 fully saturated rings. The number of aryl methyl sites for hydroxylation is 2. The summed E-state index contributed by atoms with van der Waals surface area (Å²) in [6.07, 6.45) is 0. The number of nitro groups is 1. The fourth-order valence-corrected chi connectivity index (χ4v) is 2.89. The standard InChI is InChI=1S/C14H14N2O4S/c1-10-3-8-14(9-11(10)2)21(19,20)15-12-4-6-13(7-5-12)16(17)18/h3-9,15H,1-2H3. The van der Waals surface area contributed by atoms with Gasteiger partial charge in [0, 0.05) is 17.8 Å². The van der Waals surface area contributed by atoms with Gasteiger partial charge >= 0.3 is 0 Å². The van der Waals surface area contributed by atoms with Crippen LogP contribution in [0.5, 0.6) is 0 Å². The van der Waals surface area contributed by atoms with E-state index < -0.39 is 14.9 Å². The Bertz CT molecular complexity index is 783. The molecule has 0 aliphatic carbocycles. The Morgan fingerprint density at radius 2 is 1.62 bits per heavy atom. The Labute approximate surface area is 122 Å². The molecule has 0 radical (unpaired) electrons. The number of rotatable bonds is 4. The van der Waals surface area contributed by atoms with Crippen LogP contribution >= 0.6 is 0 Å². The molecule has 0 saturated heterocycles. The highest BCUT2D eigenvalue weighted by Crippen LogP contribution is 2.20. The molecule has 1 N–H and O–H groups in total. The number of nitrogens with one attached hydrogen (secondary N) is 1. The maximum atomic E-state index is 12.2. The van der Waals surface area contributed by atoms with Crippen molar-refractivity contribution in [3.63, 3.8) is 0 Å². The van der Waals surface area contributed by atoms with Crippen LogP contribution in [-0.2, 0) is 10.0 Å². The van der Waals surface area contributed by atoms with Gasteiger partial charge in [0.05, 0.1) is 9.82 Å². The lowest BCUT2D eigenvalue weighted by molar-refractivity contribution is -0.384. The van der Waals surface area contributed by atoms with Crippen molar-refractivity contribution in [2.24, 2.45) is 0 Å². The second-order valence-corrected chi connectivity index (χ2v) is 6.34. The number of anilines is 1. The van der Waals surface area contributed by atoms with Crippen LogP contribution in [0.2, 0.25) is 0 Å². The van der Waals surface area contributed by atoms with Crippen molar-refractivity contribution in [2.45, 2.75) is 18.7 Å². The van der Waals surface area contributed by atoms with Gasteiger partial charge in [-0.25, -0.2) is 8.42 Å². The highest BCUT2D eigenvalue weighted by molar-refractivity contribution is 7.92. The Morgan fingerprint density at radius 3 is 2.14 bits per heavy atom. The summed E-state index contributed by atoms with van der Waals surface area (Å²) in [6.45, 7) is 3.73. The minimum Gasteiger partial charge on any atom is -0.280 e. The number of benzene rings is 2. The van der Waals surface area contributed by atoms with Crippen LogP contribution in [0.25, 0.3) is 0 Å². The smallest absolute Gasteiger partial charge is 0.269 e. The molecule has 0 aromatic heterocycles. The van der Waals surface area contributed by atoms with E-state index in [-0.39, 0.29) is 16.3 Å². The highest BCUT2D eigenvalue weighted by Gasteiger charge is 2.15. The van der Waals surface area contributed by atoms with Crippen molar-refractivity contribution in [2.75, 3.05) is 4.72 Å². The summed E-state index contributed by atoms with van der Waals surface area (Å²) >= 11 is 0. The van der Waals surface area contributed by atoms with E-state index in [1.54, 1.807) is 12.1 Å². The third kappa shape index (κ3) is 3.38. The largest absolute Gasteiger partial charge is 0.280 e. The molecule has 0 aliphatic heterocycles. The van der Waals surface area contributed by atoms with Gasteiger partial charge in [-0.15, -0.1) is 0 Å². The molecule has 2 aromatic rings. The summed E-state index contributed by atoms with van der Waals surface area (Å²) in [6, 6.07) is 10.1. The Kier molecular flexibility index (Phi) is 3.95. The Morgan fingerprint density at radius 1 is 1.00 bits per heavy atom. The van der Waals surface area contributed by atoms with E-state index in [2.05, 4.69) is 4.72 Å². The van der Waals surface area contributed by atoms with Crippen LogP contribution in [-0.4, -0.2) is 13.3 Å². The second kappa shape index (κ2) is 5.53. The number of nitro benzene ring substituents is 1. The molecule has 0 atom stereocenters. The molecular formula is C14H14N2O4S. The van der Waals surface area contributed by atoms with Gasteiger partial charge < -0.3 is 0 Å². The van der Waals surface area contributed by atoms with Gasteiger partial charge in [-0.3, -0.25) is 14.8 Å². The molecular weight excluding hydrogens is 292 g/mol. The molecule has 7 heteroatoms. The Hall–Kier alpha value is -2.41. The monoisotopic (exact) mass is 306 g/mol. The third-order valence-electron chi connectivity index (χ3n) is 3.12. The van der Waals surface area contributed by atoms with Gasteiger partial charge in [0.2, 0.25) is 0 Å². The van der Waals surface area contributed by atoms with Crippen LogP contribution < -0.4 is 4.72 Å². The summed E-state index contributed by atoms with van der Waals surface area (Å²) in [5, 5.41) is 10.6. The predicted octanol–water partition coefficient (Wildman–Crippen LogP) is 3.01. The van der Waals surface area contributed by atoms with Crippen molar-refractivity contribution in [1.29, 1.82) is 0 Å². The van der Waals surface area contributed by atoms with E-state index in [0.29, 0.717) is 0 Å². The lowest BCUT2D eigenvalue weighted by Gasteiger charge is -2.09. The SMILES string of the molecule is Cc1ccc(S(=O)(=O)Nc2ccc([N+](=O)[O-])cc2)cc1C. The quantitative estimate of drug-likeness (QED) is 0.694. The zero-order chi connectivity index (χ0) is 15.6. The molecule has 6 nitrogen and oxygen atoms in total.